The van der Waals surface area contributed by atoms with E-state index in [0.29, 0.717) is 24.0 Å². The Balaban J connectivity index is 1.52. The summed E-state index contributed by atoms with van der Waals surface area (Å²) in [4.78, 5) is 18.4. The molecule has 1 aliphatic rings. The molecule has 0 radical (unpaired) electrons. The summed E-state index contributed by atoms with van der Waals surface area (Å²) in [6.45, 7) is 0.553. The summed E-state index contributed by atoms with van der Waals surface area (Å²) in [5, 5.41) is 0. The van der Waals surface area contributed by atoms with Crippen molar-refractivity contribution in [2.75, 3.05) is 11.9 Å². The van der Waals surface area contributed by atoms with Crippen molar-refractivity contribution >= 4 is 16.9 Å². The molecular formula is C17H19FN6. The van der Waals surface area contributed by atoms with Gasteiger partial charge in [0.15, 0.2) is 0 Å². The zero-order valence-corrected chi connectivity index (χ0v) is 13.4. The Hall–Kier alpha value is -2.54. The second-order valence-electron chi connectivity index (χ2n) is 6.43. The summed E-state index contributed by atoms with van der Waals surface area (Å²) in [7, 11) is 1.95. The van der Waals surface area contributed by atoms with Crippen LogP contribution in [-0.4, -0.2) is 33.0 Å². The number of nitrogens with one attached hydrogen (secondary N) is 1. The molecule has 0 unspecified atom stereocenters. The standard InChI is InChI=1S/C17H19FN6/c1-24(8-16-22-13-3-2-11(18)6-15(13)23-16)17-7-14(20-9-21-17)10-4-12(19)5-10/h2-3,6-7,9-10,12H,4-5,8,19H2,1H3,(H,22,23). The van der Waals surface area contributed by atoms with Crippen LogP contribution in [0.1, 0.15) is 30.3 Å². The summed E-state index contributed by atoms with van der Waals surface area (Å²) in [6.07, 6.45) is 3.56. The molecular weight excluding hydrogens is 307 g/mol. The average Bonchev–Trinajstić information content (AvgIpc) is 2.93. The Kier molecular flexibility index (Phi) is 3.65. The predicted octanol–water partition coefficient (Wildman–Crippen LogP) is 2.33. The summed E-state index contributed by atoms with van der Waals surface area (Å²) >= 11 is 0. The molecule has 0 aliphatic heterocycles. The van der Waals surface area contributed by atoms with Crippen molar-refractivity contribution < 1.29 is 4.39 Å². The van der Waals surface area contributed by atoms with Gasteiger partial charge in [0.05, 0.1) is 17.6 Å². The van der Waals surface area contributed by atoms with E-state index in [1.165, 1.54) is 12.1 Å². The number of nitrogens with two attached hydrogens (primary N) is 1. The largest absolute Gasteiger partial charge is 0.352 e. The van der Waals surface area contributed by atoms with Crippen molar-refractivity contribution in [3.63, 3.8) is 0 Å². The van der Waals surface area contributed by atoms with Crippen molar-refractivity contribution in [2.24, 2.45) is 5.73 Å². The van der Waals surface area contributed by atoms with Crippen LogP contribution in [0.3, 0.4) is 0 Å². The molecule has 0 atom stereocenters. The van der Waals surface area contributed by atoms with E-state index in [1.54, 1.807) is 12.4 Å². The van der Waals surface area contributed by atoms with E-state index in [-0.39, 0.29) is 5.82 Å². The van der Waals surface area contributed by atoms with Gasteiger partial charge in [0.2, 0.25) is 0 Å². The topological polar surface area (TPSA) is 83.7 Å². The fourth-order valence-corrected chi connectivity index (χ4v) is 3.11. The van der Waals surface area contributed by atoms with Gasteiger partial charge < -0.3 is 15.6 Å². The first-order valence-electron chi connectivity index (χ1n) is 8.01. The predicted molar refractivity (Wildman–Crippen MR) is 90.1 cm³/mol. The van der Waals surface area contributed by atoms with Crippen molar-refractivity contribution in [1.82, 2.24) is 19.9 Å². The van der Waals surface area contributed by atoms with Gasteiger partial charge in [-0.15, -0.1) is 0 Å². The van der Waals surface area contributed by atoms with Gasteiger partial charge >= 0.3 is 0 Å². The normalized spacial score (nSPS) is 20.1. The Morgan fingerprint density at radius 2 is 2.12 bits per heavy atom. The van der Waals surface area contributed by atoms with Gasteiger partial charge in [0.25, 0.3) is 0 Å². The van der Waals surface area contributed by atoms with Crippen LogP contribution in [0.15, 0.2) is 30.6 Å². The smallest absolute Gasteiger partial charge is 0.132 e. The summed E-state index contributed by atoms with van der Waals surface area (Å²) in [6, 6.07) is 6.85. The van der Waals surface area contributed by atoms with Crippen LogP contribution in [0.2, 0.25) is 0 Å². The number of benzene rings is 1. The molecule has 124 valence electrons. The maximum atomic E-state index is 13.3. The number of nitrogens with zero attached hydrogens (tertiary/aromatic N) is 4. The molecule has 3 aromatic rings. The van der Waals surface area contributed by atoms with Crippen molar-refractivity contribution in [3.05, 3.63) is 47.9 Å². The van der Waals surface area contributed by atoms with Gasteiger partial charge in [0.1, 0.15) is 23.8 Å². The monoisotopic (exact) mass is 326 g/mol. The molecule has 1 fully saturated rings. The van der Waals surface area contributed by atoms with Crippen molar-refractivity contribution in [1.29, 1.82) is 0 Å². The zero-order valence-electron chi connectivity index (χ0n) is 13.4. The maximum Gasteiger partial charge on any atom is 0.132 e. The number of fused-ring (bicyclic) bond motifs is 1. The number of aromatic amines is 1. The van der Waals surface area contributed by atoms with Crippen LogP contribution < -0.4 is 10.6 Å². The van der Waals surface area contributed by atoms with Crippen LogP contribution in [0, 0.1) is 5.82 Å². The summed E-state index contributed by atoms with van der Waals surface area (Å²) in [5.74, 6) is 1.77. The van der Waals surface area contributed by atoms with Gasteiger partial charge in [-0.3, -0.25) is 0 Å². The van der Waals surface area contributed by atoms with E-state index in [2.05, 4.69) is 19.9 Å². The van der Waals surface area contributed by atoms with Crippen LogP contribution in [0.4, 0.5) is 10.2 Å². The first kappa shape index (κ1) is 15.0. The molecule has 3 N–H and O–H groups in total. The minimum Gasteiger partial charge on any atom is -0.352 e. The zero-order chi connectivity index (χ0) is 16.7. The molecule has 24 heavy (non-hydrogen) atoms. The second-order valence-corrected chi connectivity index (χ2v) is 6.43. The number of imidazole rings is 1. The number of hydrogen-bond acceptors (Lipinski definition) is 5. The molecule has 7 heteroatoms. The molecule has 1 aromatic carbocycles. The third-order valence-corrected chi connectivity index (χ3v) is 4.54. The van der Waals surface area contributed by atoms with Crippen LogP contribution in [0.25, 0.3) is 11.0 Å². The Morgan fingerprint density at radius 1 is 1.29 bits per heavy atom. The molecule has 2 heterocycles. The van der Waals surface area contributed by atoms with E-state index < -0.39 is 0 Å². The first-order valence-corrected chi connectivity index (χ1v) is 8.01. The number of aromatic nitrogens is 4. The average molecular weight is 326 g/mol. The lowest BCUT2D eigenvalue weighted by Crippen LogP contribution is -2.35. The fourth-order valence-electron chi connectivity index (χ4n) is 3.11. The van der Waals surface area contributed by atoms with E-state index in [4.69, 9.17) is 5.73 Å². The van der Waals surface area contributed by atoms with E-state index in [9.17, 15) is 4.39 Å². The summed E-state index contributed by atoms with van der Waals surface area (Å²) < 4.78 is 13.3. The lowest BCUT2D eigenvalue weighted by molar-refractivity contribution is 0.345. The van der Waals surface area contributed by atoms with Gasteiger partial charge in [-0.1, -0.05) is 0 Å². The molecule has 0 spiro atoms. The maximum absolute atomic E-state index is 13.3. The third kappa shape index (κ3) is 2.82. The Labute approximate surface area is 138 Å². The number of hydrogen-bond donors (Lipinski definition) is 2. The first-order chi connectivity index (χ1) is 11.6. The van der Waals surface area contributed by atoms with E-state index in [0.717, 1.165) is 35.7 Å². The number of H-pyrrole nitrogens is 1. The molecule has 0 saturated heterocycles. The van der Waals surface area contributed by atoms with Gasteiger partial charge in [0, 0.05) is 30.8 Å². The van der Waals surface area contributed by atoms with Gasteiger partial charge in [-0.2, -0.15) is 0 Å². The van der Waals surface area contributed by atoms with E-state index in [1.807, 2.05) is 18.0 Å². The lowest BCUT2D eigenvalue weighted by atomic mass is 9.78. The minimum atomic E-state index is -0.273. The number of rotatable bonds is 4. The van der Waals surface area contributed by atoms with Crippen LogP contribution in [0.5, 0.6) is 0 Å². The van der Waals surface area contributed by atoms with E-state index >= 15 is 0 Å². The minimum absolute atomic E-state index is 0.273. The number of halogens is 1. The molecule has 6 nitrogen and oxygen atoms in total. The summed E-state index contributed by atoms with van der Waals surface area (Å²) in [5.41, 5.74) is 8.36. The number of anilines is 1. The van der Waals surface area contributed by atoms with Crippen LogP contribution in [-0.2, 0) is 6.54 Å². The molecule has 4 rings (SSSR count). The molecule has 1 aliphatic carbocycles. The SMILES string of the molecule is CN(Cc1nc2ccc(F)cc2[nH]1)c1cc(C2CC(N)C2)ncn1. The molecule has 0 bridgehead atoms. The van der Waals surface area contributed by atoms with Gasteiger partial charge in [-0.05, 0) is 31.0 Å². The lowest BCUT2D eigenvalue weighted by Gasteiger charge is -2.32. The Bertz CT molecular complexity index is 870. The second kappa shape index (κ2) is 5.83. The highest BCUT2D eigenvalue weighted by Crippen LogP contribution is 2.35. The molecule has 1 saturated carbocycles. The van der Waals surface area contributed by atoms with Crippen molar-refractivity contribution in [3.8, 4) is 0 Å². The third-order valence-electron chi connectivity index (χ3n) is 4.54. The highest BCUT2D eigenvalue weighted by atomic mass is 19.1. The highest BCUT2D eigenvalue weighted by Gasteiger charge is 2.28. The highest BCUT2D eigenvalue weighted by molar-refractivity contribution is 5.75. The van der Waals surface area contributed by atoms with Gasteiger partial charge in [-0.25, -0.2) is 19.3 Å². The molecule has 2 aromatic heterocycles. The fraction of sp³-hybridized carbons (Fsp3) is 0.353. The van der Waals surface area contributed by atoms with Crippen LogP contribution >= 0.6 is 0 Å². The Morgan fingerprint density at radius 3 is 2.92 bits per heavy atom. The quantitative estimate of drug-likeness (QED) is 0.769. The molecule has 0 amide bonds. The van der Waals surface area contributed by atoms with Crippen molar-refractivity contribution in [2.45, 2.75) is 31.3 Å².